The Morgan fingerprint density at radius 1 is 1.37 bits per heavy atom. The predicted octanol–water partition coefficient (Wildman–Crippen LogP) is 0.357. The van der Waals surface area contributed by atoms with Crippen molar-refractivity contribution in [3.05, 3.63) is 0 Å². The topological polar surface area (TPSA) is 102 Å². The fourth-order valence-corrected chi connectivity index (χ4v) is 2.19. The van der Waals surface area contributed by atoms with Gasteiger partial charge in [0.15, 0.2) is 0 Å². The molecule has 1 heterocycles. The summed E-state index contributed by atoms with van der Waals surface area (Å²) in [5, 5.41) is 11.7. The molecule has 1 aliphatic rings. The van der Waals surface area contributed by atoms with Gasteiger partial charge in [0, 0.05) is 6.42 Å². The molecule has 110 valence electrons. The van der Waals surface area contributed by atoms with Crippen LogP contribution in [0.25, 0.3) is 0 Å². The zero-order valence-electron chi connectivity index (χ0n) is 11.6. The maximum absolute atomic E-state index is 11.8. The second-order valence-electron chi connectivity index (χ2n) is 5.86. The van der Waals surface area contributed by atoms with E-state index in [0.717, 1.165) is 12.8 Å². The number of carboxylic acids is 1. The van der Waals surface area contributed by atoms with E-state index in [2.05, 4.69) is 19.2 Å². The van der Waals surface area contributed by atoms with E-state index >= 15 is 0 Å². The van der Waals surface area contributed by atoms with Gasteiger partial charge < -0.3 is 20.9 Å². The van der Waals surface area contributed by atoms with Gasteiger partial charge in [0.25, 0.3) is 0 Å². The van der Waals surface area contributed by atoms with Crippen LogP contribution in [0.2, 0.25) is 0 Å². The Morgan fingerprint density at radius 2 is 2.05 bits per heavy atom. The summed E-state index contributed by atoms with van der Waals surface area (Å²) >= 11 is 0. The summed E-state index contributed by atoms with van der Waals surface area (Å²) in [4.78, 5) is 22.8. The van der Waals surface area contributed by atoms with Crippen LogP contribution >= 0.6 is 0 Å². The maximum atomic E-state index is 11.8. The van der Waals surface area contributed by atoms with E-state index in [-0.39, 0.29) is 24.5 Å². The summed E-state index contributed by atoms with van der Waals surface area (Å²) < 4.78 is 5.10. The van der Waals surface area contributed by atoms with Crippen molar-refractivity contribution in [3.8, 4) is 0 Å². The molecule has 1 fully saturated rings. The summed E-state index contributed by atoms with van der Waals surface area (Å²) in [5.74, 6) is -1.68. The largest absolute Gasteiger partial charge is 0.481 e. The predicted molar refractivity (Wildman–Crippen MR) is 70.6 cm³/mol. The fourth-order valence-electron chi connectivity index (χ4n) is 2.19. The Labute approximate surface area is 113 Å². The van der Waals surface area contributed by atoms with Gasteiger partial charge in [-0.2, -0.15) is 0 Å². The van der Waals surface area contributed by atoms with Gasteiger partial charge in [-0.1, -0.05) is 13.8 Å². The lowest BCUT2D eigenvalue weighted by Gasteiger charge is -2.24. The number of hydrogen-bond acceptors (Lipinski definition) is 4. The molecule has 0 saturated carbocycles. The number of aliphatic carboxylic acids is 1. The van der Waals surface area contributed by atoms with Crippen LogP contribution in [0.5, 0.6) is 0 Å². The van der Waals surface area contributed by atoms with Crippen molar-refractivity contribution in [2.45, 2.75) is 39.2 Å². The minimum Gasteiger partial charge on any atom is -0.481 e. The first-order valence-corrected chi connectivity index (χ1v) is 6.66. The van der Waals surface area contributed by atoms with Crippen molar-refractivity contribution >= 4 is 11.9 Å². The lowest BCUT2D eigenvalue weighted by atomic mass is 9.84. The quantitative estimate of drug-likeness (QED) is 0.621. The van der Waals surface area contributed by atoms with E-state index in [1.807, 2.05) is 0 Å². The van der Waals surface area contributed by atoms with E-state index < -0.39 is 17.9 Å². The minimum absolute atomic E-state index is 0.0322. The maximum Gasteiger partial charge on any atom is 0.311 e. The number of amides is 1. The van der Waals surface area contributed by atoms with Crippen molar-refractivity contribution < 1.29 is 19.4 Å². The second kappa shape index (κ2) is 6.86. The number of carboxylic acid groups (broad SMARTS) is 1. The molecule has 0 bridgehead atoms. The van der Waals surface area contributed by atoms with Gasteiger partial charge in [0.2, 0.25) is 5.91 Å². The van der Waals surface area contributed by atoms with Crippen LogP contribution in [-0.4, -0.2) is 42.8 Å². The zero-order valence-corrected chi connectivity index (χ0v) is 11.6. The first-order valence-electron chi connectivity index (χ1n) is 6.66. The molecule has 0 radical (unpaired) electrons. The molecule has 1 aliphatic heterocycles. The third kappa shape index (κ3) is 5.16. The summed E-state index contributed by atoms with van der Waals surface area (Å²) in [5.41, 5.74) is 5.55. The zero-order chi connectivity index (χ0) is 14.5. The molecule has 0 aliphatic carbocycles. The lowest BCUT2D eigenvalue weighted by molar-refractivity contribution is -0.142. The van der Waals surface area contributed by atoms with E-state index in [0.29, 0.717) is 13.0 Å². The van der Waals surface area contributed by atoms with Crippen molar-refractivity contribution in [3.63, 3.8) is 0 Å². The number of ether oxygens (including phenoxy) is 1. The van der Waals surface area contributed by atoms with Crippen molar-refractivity contribution in [1.82, 2.24) is 5.32 Å². The third-order valence-electron chi connectivity index (χ3n) is 3.59. The van der Waals surface area contributed by atoms with Crippen molar-refractivity contribution in [1.29, 1.82) is 0 Å². The number of rotatable bonds is 7. The van der Waals surface area contributed by atoms with Gasteiger partial charge in [-0.3, -0.25) is 9.59 Å². The number of nitrogens with one attached hydrogen (secondary N) is 1. The highest BCUT2D eigenvalue weighted by molar-refractivity contribution is 5.78. The number of hydrogen-bond donors (Lipinski definition) is 3. The van der Waals surface area contributed by atoms with Gasteiger partial charge in [0.1, 0.15) is 5.92 Å². The molecule has 0 aromatic rings. The van der Waals surface area contributed by atoms with Gasteiger partial charge in [-0.15, -0.1) is 0 Å². The summed E-state index contributed by atoms with van der Waals surface area (Å²) in [6, 6.07) is -0.414. The van der Waals surface area contributed by atoms with Crippen LogP contribution < -0.4 is 11.1 Å². The second-order valence-corrected chi connectivity index (χ2v) is 5.86. The van der Waals surface area contributed by atoms with Crippen LogP contribution in [-0.2, 0) is 14.3 Å². The van der Waals surface area contributed by atoms with Crippen molar-refractivity contribution in [2.24, 2.45) is 17.1 Å². The number of nitrogens with two attached hydrogens (primary N) is 1. The van der Waals surface area contributed by atoms with Gasteiger partial charge in [-0.05, 0) is 24.8 Å². The monoisotopic (exact) mass is 272 g/mol. The van der Waals surface area contributed by atoms with E-state index in [1.54, 1.807) is 0 Å². The average Bonchev–Trinajstić information content (AvgIpc) is 2.75. The minimum atomic E-state index is -0.925. The van der Waals surface area contributed by atoms with E-state index in [9.17, 15) is 9.59 Å². The lowest BCUT2D eigenvalue weighted by Crippen LogP contribution is -2.42. The molecule has 6 nitrogen and oxygen atoms in total. The standard InChI is InChI=1S/C13H24N2O4/c1-13(2,5-6-14)4-3-11(16)15-10-8-19-7-9(10)12(17)18/h9-10H,3-8,14H2,1-2H3,(H,15,16)(H,17,18). The molecule has 0 aromatic carbocycles. The molecule has 1 rings (SSSR count). The molecular formula is C13H24N2O4. The van der Waals surface area contributed by atoms with Crippen LogP contribution in [0, 0.1) is 11.3 Å². The Bertz CT molecular complexity index is 331. The van der Waals surface area contributed by atoms with Crippen molar-refractivity contribution in [2.75, 3.05) is 19.8 Å². The normalized spacial score (nSPS) is 23.3. The van der Waals surface area contributed by atoms with Gasteiger partial charge in [-0.25, -0.2) is 0 Å². The van der Waals surface area contributed by atoms with E-state index in [1.165, 1.54) is 0 Å². The Kier molecular flexibility index (Phi) is 5.75. The molecule has 6 heteroatoms. The first kappa shape index (κ1) is 15.9. The molecule has 2 atom stereocenters. The molecule has 19 heavy (non-hydrogen) atoms. The number of carbonyl (C=O) groups excluding carboxylic acids is 1. The smallest absolute Gasteiger partial charge is 0.311 e. The molecule has 1 amide bonds. The fraction of sp³-hybridized carbons (Fsp3) is 0.846. The molecule has 0 aromatic heterocycles. The van der Waals surface area contributed by atoms with Gasteiger partial charge >= 0.3 is 5.97 Å². The number of carbonyl (C=O) groups is 2. The van der Waals surface area contributed by atoms with Crippen LogP contribution in [0.4, 0.5) is 0 Å². The Morgan fingerprint density at radius 3 is 2.63 bits per heavy atom. The molecule has 2 unspecified atom stereocenters. The summed E-state index contributed by atoms with van der Waals surface area (Å²) in [6.45, 7) is 5.19. The molecule has 1 saturated heterocycles. The van der Waals surface area contributed by atoms with Crippen LogP contribution in [0.3, 0.4) is 0 Å². The highest BCUT2D eigenvalue weighted by Gasteiger charge is 2.35. The van der Waals surface area contributed by atoms with Gasteiger partial charge in [0.05, 0.1) is 19.3 Å². The third-order valence-corrected chi connectivity index (χ3v) is 3.59. The Balaban J connectivity index is 2.37. The molecular weight excluding hydrogens is 248 g/mol. The van der Waals surface area contributed by atoms with E-state index in [4.69, 9.17) is 15.6 Å². The Hall–Kier alpha value is -1.14. The molecule has 0 spiro atoms. The van der Waals surface area contributed by atoms with Crippen LogP contribution in [0.1, 0.15) is 33.1 Å². The summed E-state index contributed by atoms with van der Waals surface area (Å²) in [7, 11) is 0. The highest BCUT2D eigenvalue weighted by Crippen LogP contribution is 2.26. The SMILES string of the molecule is CC(C)(CCN)CCC(=O)NC1COCC1C(=O)O. The average molecular weight is 272 g/mol. The summed E-state index contributed by atoms with van der Waals surface area (Å²) in [6.07, 6.45) is 1.99. The molecule has 4 N–H and O–H groups in total. The first-order chi connectivity index (χ1) is 8.85. The highest BCUT2D eigenvalue weighted by atomic mass is 16.5. The van der Waals surface area contributed by atoms with Crippen LogP contribution in [0.15, 0.2) is 0 Å².